The highest BCUT2D eigenvalue weighted by Crippen LogP contribution is 2.37. The minimum absolute atomic E-state index is 0.117. The molecule has 0 unspecified atom stereocenters. The summed E-state index contributed by atoms with van der Waals surface area (Å²) in [6.07, 6.45) is 1.64. The van der Waals surface area contributed by atoms with E-state index < -0.39 is 23.5 Å². The third-order valence-corrected chi connectivity index (χ3v) is 9.64. The zero-order valence-corrected chi connectivity index (χ0v) is 31.0. The van der Waals surface area contributed by atoms with Crippen LogP contribution in [-0.4, -0.2) is 43.4 Å². The number of halogens is 4. The Balaban J connectivity index is 1.56. The Kier molecular flexibility index (Phi) is 12.2. The highest BCUT2D eigenvalue weighted by atomic mass is 35.5. The van der Waals surface area contributed by atoms with Crippen molar-refractivity contribution in [1.82, 2.24) is 4.57 Å². The lowest BCUT2D eigenvalue weighted by Crippen LogP contribution is -2.40. The molecule has 0 spiro atoms. The van der Waals surface area contributed by atoms with Gasteiger partial charge in [0.2, 0.25) is 0 Å². The molecule has 0 saturated heterocycles. The van der Waals surface area contributed by atoms with E-state index in [-0.39, 0.29) is 53.5 Å². The van der Waals surface area contributed by atoms with Crippen molar-refractivity contribution in [1.29, 1.82) is 0 Å². The van der Waals surface area contributed by atoms with Crippen molar-refractivity contribution in [2.45, 2.75) is 33.4 Å². The first-order chi connectivity index (χ1) is 23.9. The molecular formula is C35H30Cl4N2O8S. The summed E-state index contributed by atoms with van der Waals surface area (Å²) in [7, 11) is 1.26. The van der Waals surface area contributed by atoms with Crippen molar-refractivity contribution in [3.05, 3.63) is 116 Å². The second-order valence-electron chi connectivity index (χ2n) is 10.7. The molecule has 5 rings (SSSR count). The molecule has 50 heavy (non-hydrogen) atoms. The lowest BCUT2D eigenvalue weighted by Gasteiger charge is -2.25. The number of carbonyl (C=O) groups excluding carboxylic acids is 2. The van der Waals surface area contributed by atoms with Gasteiger partial charge in [0.1, 0.15) is 6.61 Å². The number of allylic oxidation sites excluding steroid dienone is 1. The van der Waals surface area contributed by atoms with Gasteiger partial charge in [-0.25, -0.2) is 14.6 Å². The molecule has 0 N–H and O–H groups in total. The highest BCUT2D eigenvalue weighted by Gasteiger charge is 2.34. The van der Waals surface area contributed by atoms with Crippen LogP contribution in [0.25, 0.3) is 6.08 Å². The lowest BCUT2D eigenvalue weighted by atomic mass is 9.95. The molecule has 10 nitrogen and oxygen atoms in total. The summed E-state index contributed by atoms with van der Waals surface area (Å²) in [4.78, 5) is 44.2. The number of esters is 2. The summed E-state index contributed by atoms with van der Waals surface area (Å²) in [5.74, 6) is -0.340. The van der Waals surface area contributed by atoms with Gasteiger partial charge in [-0.05, 0) is 79.9 Å². The maximum Gasteiger partial charge on any atom is 0.343 e. The van der Waals surface area contributed by atoms with Crippen LogP contribution in [0.2, 0.25) is 20.1 Å². The highest BCUT2D eigenvalue weighted by molar-refractivity contribution is 7.07. The summed E-state index contributed by atoms with van der Waals surface area (Å²) < 4.78 is 29.2. The standard InChI is InChI=1S/C35H30Cl4N2O8S/c1-5-46-27-15-21(8-10-26(27)48-17-29(42)45-4)31-30(34(44)47-6-2)18(3)40-35-41(31)33(43)28(50-35)14-20-12-24(38)32(25(39)13-20)49-16-19-7-9-22(36)23(37)11-19/h7-15,31H,5-6,16-17H2,1-4H3/b28-14-/t31-/m0/s1. The topological polar surface area (TPSA) is 115 Å². The average Bonchev–Trinajstić information content (AvgIpc) is 3.38. The molecule has 0 saturated carbocycles. The molecule has 0 amide bonds. The number of thiazole rings is 1. The van der Waals surface area contributed by atoms with Crippen molar-refractivity contribution in [2.75, 3.05) is 26.9 Å². The second-order valence-corrected chi connectivity index (χ2v) is 13.3. The molecule has 0 fully saturated rings. The summed E-state index contributed by atoms with van der Waals surface area (Å²) in [6.45, 7) is 5.37. The molecule has 15 heteroatoms. The van der Waals surface area contributed by atoms with Crippen LogP contribution in [-0.2, 0) is 25.7 Å². The minimum Gasteiger partial charge on any atom is -0.490 e. The van der Waals surface area contributed by atoms with E-state index in [2.05, 4.69) is 9.73 Å². The zero-order valence-electron chi connectivity index (χ0n) is 27.2. The van der Waals surface area contributed by atoms with Gasteiger partial charge in [-0.2, -0.15) is 0 Å². The SMILES string of the molecule is CCOC(=O)C1=C(C)N=c2s/c(=C\c3cc(Cl)c(OCc4ccc(Cl)c(Cl)c4)c(Cl)c3)c(=O)n2[C@H]1c1ccc(OCC(=O)OC)c(OCC)c1. The third-order valence-electron chi connectivity index (χ3n) is 7.36. The van der Waals surface area contributed by atoms with Crippen LogP contribution in [0.1, 0.15) is 43.5 Å². The summed E-state index contributed by atoms with van der Waals surface area (Å²) >= 11 is 26.4. The molecule has 1 atom stereocenters. The van der Waals surface area contributed by atoms with Gasteiger partial charge in [0.05, 0.1) is 62.3 Å². The van der Waals surface area contributed by atoms with E-state index in [1.807, 2.05) is 0 Å². The van der Waals surface area contributed by atoms with E-state index in [1.165, 1.54) is 11.7 Å². The van der Waals surface area contributed by atoms with Crippen LogP contribution in [0, 0.1) is 0 Å². The molecule has 262 valence electrons. The number of nitrogens with zero attached hydrogens (tertiary/aromatic N) is 2. The number of benzene rings is 3. The zero-order chi connectivity index (χ0) is 36.1. The van der Waals surface area contributed by atoms with Gasteiger partial charge in [0.15, 0.2) is 28.7 Å². The van der Waals surface area contributed by atoms with E-state index in [0.29, 0.717) is 42.0 Å². The van der Waals surface area contributed by atoms with Crippen LogP contribution < -0.4 is 29.1 Å². The maximum absolute atomic E-state index is 14.2. The summed E-state index contributed by atoms with van der Waals surface area (Å²) in [5.41, 5.74) is 1.99. The second kappa shape index (κ2) is 16.3. The fourth-order valence-electron chi connectivity index (χ4n) is 5.12. The minimum atomic E-state index is -0.925. The fourth-order valence-corrected chi connectivity index (χ4v) is 7.10. The van der Waals surface area contributed by atoms with Crippen molar-refractivity contribution in [3.8, 4) is 17.2 Å². The normalized spacial score (nSPS) is 14.2. The van der Waals surface area contributed by atoms with Crippen LogP contribution in [0.3, 0.4) is 0 Å². The molecular weight excluding hydrogens is 750 g/mol. The molecule has 0 radical (unpaired) electrons. The Morgan fingerprint density at radius 2 is 1.64 bits per heavy atom. The number of hydrogen-bond acceptors (Lipinski definition) is 10. The van der Waals surface area contributed by atoms with Gasteiger partial charge in [-0.1, -0.05) is 69.9 Å². The average molecular weight is 781 g/mol. The van der Waals surface area contributed by atoms with Crippen LogP contribution in [0.4, 0.5) is 0 Å². The van der Waals surface area contributed by atoms with Crippen molar-refractivity contribution < 1.29 is 33.3 Å². The van der Waals surface area contributed by atoms with E-state index >= 15 is 0 Å². The predicted molar refractivity (Wildman–Crippen MR) is 193 cm³/mol. The number of methoxy groups -OCH3 is 1. The van der Waals surface area contributed by atoms with Gasteiger partial charge in [-0.15, -0.1) is 0 Å². The number of aromatic nitrogens is 1. The van der Waals surface area contributed by atoms with Gasteiger partial charge in [0.25, 0.3) is 5.56 Å². The first-order valence-electron chi connectivity index (χ1n) is 15.2. The molecule has 1 aliphatic rings. The summed E-state index contributed by atoms with van der Waals surface area (Å²) in [6, 6.07) is 12.4. The Labute approximate surface area is 311 Å². The van der Waals surface area contributed by atoms with Crippen molar-refractivity contribution in [2.24, 2.45) is 4.99 Å². The van der Waals surface area contributed by atoms with Crippen LogP contribution in [0.15, 0.2) is 69.6 Å². The Morgan fingerprint density at radius 3 is 2.30 bits per heavy atom. The van der Waals surface area contributed by atoms with Crippen molar-refractivity contribution in [3.63, 3.8) is 0 Å². The lowest BCUT2D eigenvalue weighted by molar-refractivity contribution is -0.143. The van der Waals surface area contributed by atoms with Gasteiger partial charge in [0, 0.05) is 0 Å². The van der Waals surface area contributed by atoms with Crippen LogP contribution >= 0.6 is 57.7 Å². The number of fused-ring (bicyclic) bond motifs is 1. The van der Waals surface area contributed by atoms with E-state index in [1.54, 1.807) is 75.4 Å². The molecule has 1 aliphatic heterocycles. The number of carbonyl (C=O) groups is 2. The van der Waals surface area contributed by atoms with Gasteiger partial charge in [-0.3, -0.25) is 9.36 Å². The first-order valence-corrected chi connectivity index (χ1v) is 17.5. The molecule has 2 heterocycles. The molecule has 0 aliphatic carbocycles. The third kappa shape index (κ3) is 8.14. The Bertz CT molecular complexity index is 2160. The summed E-state index contributed by atoms with van der Waals surface area (Å²) in [5, 5.41) is 1.28. The van der Waals surface area contributed by atoms with Gasteiger partial charge < -0.3 is 23.7 Å². The molecule has 1 aromatic heterocycles. The van der Waals surface area contributed by atoms with Crippen LogP contribution in [0.5, 0.6) is 17.2 Å². The first kappa shape index (κ1) is 37.3. The monoisotopic (exact) mass is 778 g/mol. The fraction of sp³-hybridized carbons (Fsp3) is 0.257. The van der Waals surface area contributed by atoms with Crippen molar-refractivity contribution >= 4 is 75.8 Å². The van der Waals surface area contributed by atoms with E-state index in [4.69, 9.17) is 65.4 Å². The molecule has 0 bridgehead atoms. The van der Waals surface area contributed by atoms with E-state index in [9.17, 15) is 14.4 Å². The molecule has 4 aromatic rings. The number of hydrogen-bond donors (Lipinski definition) is 0. The predicted octanol–water partition coefficient (Wildman–Crippen LogP) is 6.94. The van der Waals surface area contributed by atoms with E-state index in [0.717, 1.165) is 16.9 Å². The van der Waals surface area contributed by atoms with Gasteiger partial charge >= 0.3 is 11.9 Å². The molecule has 3 aromatic carbocycles. The maximum atomic E-state index is 14.2. The quantitative estimate of drug-likeness (QED) is 0.142. The Morgan fingerprint density at radius 1 is 0.900 bits per heavy atom. The number of rotatable bonds is 12. The largest absolute Gasteiger partial charge is 0.490 e. The number of ether oxygens (including phenoxy) is 5. The smallest absolute Gasteiger partial charge is 0.343 e. The Hall–Kier alpha value is -4.00.